The summed E-state index contributed by atoms with van der Waals surface area (Å²) in [5, 5.41) is 8.10. The van der Waals surface area contributed by atoms with Gasteiger partial charge in [-0.1, -0.05) is 6.92 Å². The molecule has 19 heavy (non-hydrogen) atoms. The average Bonchev–Trinajstić information content (AvgIpc) is 2.86. The van der Waals surface area contributed by atoms with Gasteiger partial charge in [0.15, 0.2) is 0 Å². The van der Waals surface area contributed by atoms with E-state index in [9.17, 15) is 0 Å². The first-order valence-corrected chi connectivity index (χ1v) is 6.91. The molecule has 102 valence electrons. The van der Waals surface area contributed by atoms with E-state index in [-0.39, 0.29) is 0 Å². The molecule has 0 aliphatic heterocycles. The summed E-state index contributed by atoms with van der Waals surface area (Å²) in [5.41, 5.74) is 2.46. The maximum atomic E-state index is 4.52. The topological polar surface area (TPSA) is 42.7 Å². The molecule has 4 nitrogen and oxygen atoms in total. The maximum Gasteiger partial charge on any atom is 0.0793 e. The predicted molar refractivity (Wildman–Crippen MR) is 76.8 cm³/mol. The Morgan fingerprint density at radius 3 is 2.68 bits per heavy atom. The highest BCUT2D eigenvalue weighted by Gasteiger charge is 2.13. The van der Waals surface area contributed by atoms with Gasteiger partial charge in [0, 0.05) is 25.6 Å². The molecule has 1 atom stereocenters. The molecule has 1 unspecified atom stereocenters. The zero-order chi connectivity index (χ0) is 13.5. The van der Waals surface area contributed by atoms with Crippen LogP contribution in [0.4, 0.5) is 0 Å². The Morgan fingerprint density at radius 2 is 2.05 bits per heavy atom. The molecule has 0 radical (unpaired) electrons. The number of rotatable bonds is 7. The minimum absolute atomic E-state index is 0.328. The summed E-state index contributed by atoms with van der Waals surface area (Å²) in [4.78, 5) is 4.05. The van der Waals surface area contributed by atoms with E-state index in [2.05, 4.69) is 40.5 Å². The molecule has 0 aliphatic carbocycles. The minimum Gasteiger partial charge on any atom is -0.309 e. The molecule has 0 saturated carbocycles. The van der Waals surface area contributed by atoms with E-state index < -0.39 is 0 Å². The van der Waals surface area contributed by atoms with Crippen LogP contribution in [0.3, 0.4) is 0 Å². The quantitative estimate of drug-likeness (QED) is 0.829. The van der Waals surface area contributed by atoms with E-state index in [1.807, 2.05) is 30.3 Å². The number of hydrogen-bond donors (Lipinski definition) is 1. The molecule has 2 rings (SSSR count). The van der Waals surface area contributed by atoms with Gasteiger partial charge >= 0.3 is 0 Å². The van der Waals surface area contributed by atoms with Gasteiger partial charge in [0.05, 0.1) is 11.7 Å². The van der Waals surface area contributed by atoms with Crippen molar-refractivity contribution in [2.45, 2.75) is 32.2 Å². The monoisotopic (exact) mass is 258 g/mol. The predicted octanol–water partition coefficient (Wildman–Crippen LogP) is 2.49. The molecule has 0 amide bonds. The van der Waals surface area contributed by atoms with Crippen LogP contribution in [0, 0.1) is 0 Å². The van der Waals surface area contributed by atoms with Gasteiger partial charge in [-0.3, -0.25) is 9.67 Å². The molecule has 0 aliphatic rings. The lowest BCUT2D eigenvalue weighted by molar-refractivity contribution is 0.483. The molecule has 1 N–H and O–H groups in total. The van der Waals surface area contributed by atoms with Crippen molar-refractivity contribution in [1.29, 1.82) is 0 Å². The van der Waals surface area contributed by atoms with Gasteiger partial charge in [-0.05, 0) is 49.6 Å². The fraction of sp³-hybridized carbons (Fsp3) is 0.467. The third kappa shape index (κ3) is 4.17. The summed E-state index contributed by atoms with van der Waals surface area (Å²) in [5.74, 6) is 0. The van der Waals surface area contributed by atoms with Crippen LogP contribution in [0.5, 0.6) is 0 Å². The Bertz CT molecular complexity index is 478. The molecular formula is C15H22N4. The molecule has 4 heteroatoms. The molecule has 2 heterocycles. The zero-order valence-electron chi connectivity index (χ0n) is 11.7. The third-order valence-corrected chi connectivity index (χ3v) is 3.20. The highest BCUT2D eigenvalue weighted by atomic mass is 15.3. The minimum atomic E-state index is 0.328. The van der Waals surface area contributed by atoms with Crippen LogP contribution in [0.2, 0.25) is 0 Å². The molecule has 0 spiro atoms. The number of pyridine rings is 1. The summed E-state index contributed by atoms with van der Waals surface area (Å²) < 4.78 is 1.86. The van der Waals surface area contributed by atoms with E-state index in [1.165, 1.54) is 5.56 Å². The summed E-state index contributed by atoms with van der Waals surface area (Å²) in [6, 6.07) is 6.58. The Labute approximate surface area is 114 Å². The van der Waals surface area contributed by atoms with Crippen molar-refractivity contribution in [3.05, 3.63) is 48.0 Å². The van der Waals surface area contributed by atoms with Gasteiger partial charge in [0.1, 0.15) is 0 Å². The lowest BCUT2D eigenvalue weighted by Gasteiger charge is -2.16. The standard InChI is InChI=1S/C15H22N4/c1-3-9-17-14(15-8-12-19(2)18-15)5-4-13-6-10-16-11-7-13/h6-8,10-12,14,17H,3-5,9H2,1-2H3. The first kappa shape index (κ1) is 13.7. The number of nitrogens with one attached hydrogen (secondary N) is 1. The van der Waals surface area contributed by atoms with Gasteiger partial charge in [-0.2, -0.15) is 5.10 Å². The molecule has 2 aromatic rings. The van der Waals surface area contributed by atoms with Crippen LogP contribution in [0.25, 0.3) is 0 Å². The second-order valence-electron chi connectivity index (χ2n) is 4.82. The third-order valence-electron chi connectivity index (χ3n) is 3.20. The Kier molecular flexibility index (Phi) is 5.10. The molecule has 2 aromatic heterocycles. The summed E-state index contributed by atoms with van der Waals surface area (Å²) in [6.07, 6.45) is 8.94. The first-order chi connectivity index (χ1) is 9.29. The van der Waals surface area contributed by atoms with Crippen molar-refractivity contribution in [2.24, 2.45) is 7.05 Å². The molecule has 0 aromatic carbocycles. The lowest BCUT2D eigenvalue weighted by Crippen LogP contribution is -2.23. The van der Waals surface area contributed by atoms with Crippen molar-refractivity contribution in [2.75, 3.05) is 6.54 Å². The smallest absolute Gasteiger partial charge is 0.0793 e. The van der Waals surface area contributed by atoms with E-state index in [0.29, 0.717) is 6.04 Å². The molecular weight excluding hydrogens is 236 g/mol. The SMILES string of the molecule is CCCNC(CCc1ccncc1)c1ccn(C)n1. The van der Waals surface area contributed by atoms with Crippen LogP contribution in [0.1, 0.15) is 37.1 Å². The van der Waals surface area contributed by atoms with Crippen molar-refractivity contribution >= 4 is 0 Å². The van der Waals surface area contributed by atoms with E-state index in [1.54, 1.807) is 0 Å². The van der Waals surface area contributed by atoms with E-state index >= 15 is 0 Å². The number of aryl methyl sites for hydroxylation is 2. The number of nitrogens with zero attached hydrogens (tertiary/aromatic N) is 3. The largest absolute Gasteiger partial charge is 0.309 e. The van der Waals surface area contributed by atoms with E-state index in [4.69, 9.17) is 0 Å². The molecule has 0 saturated heterocycles. The summed E-state index contributed by atoms with van der Waals surface area (Å²) in [6.45, 7) is 3.21. The summed E-state index contributed by atoms with van der Waals surface area (Å²) >= 11 is 0. The average molecular weight is 258 g/mol. The van der Waals surface area contributed by atoms with Gasteiger partial charge in [0.25, 0.3) is 0 Å². The fourth-order valence-corrected chi connectivity index (χ4v) is 2.15. The first-order valence-electron chi connectivity index (χ1n) is 6.91. The van der Waals surface area contributed by atoms with Gasteiger partial charge in [0.2, 0.25) is 0 Å². The molecule has 0 fully saturated rings. The van der Waals surface area contributed by atoms with Crippen LogP contribution in [-0.2, 0) is 13.5 Å². The zero-order valence-corrected chi connectivity index (χ0v) is 11.7. The maximum absolute atomic E-state index is 4.52. The normalized spacial score (nSPS) is 12.5. The van der Waals surface area contributed by atoms with Gasteiger partial charge in [-0.15, -0.1) is 0 Å². The second-order valence-corrected chi connectivity index (χ2v) is 4.82. The van der Waals surface area contributed by atoms with Crippen molar-refractivity contribution in [1.82, 2.24) is 20.1 Å². The Hall–Kier alpha value is -1.68. The fourth-order valence-electron chi connectivity index (χ4n) is 2.15. The molecule has 0 bridgehead atoms. The number of aromatic nitrogens is 3. The van der Waals surface area contributed by atoms with Crippen LogP contribution in [0.15, 0.2) is 36.8 Å². The Balaban J connectivity index is 1.98. The second kappa shape index (κ2) is 7.04. The van der Waals surface area contributed by atoms with E-state index in [0.717, 1.165) is 31.5 Å². The van der Waals surface area contributed by atoms with Gasteiger partial charge in [-0.25, -0.2) is 0 Å². The highest BCUT2D eigenvalue weighted by Crippen LogP contribution is 2.17. The lowest BCUT2D eigenvalue weighted by atomic mass is 10.0. The van der Waals surface area contributed by atoms with Crippen molar-refractivity contribution in [3.8, 4) is 0 Å². The Morgan fingerprint density at radius 1 is 1.26 bits per heavy atom. The van der Waals surface area contributed by atoms with Gasteiger partial charge < -0.3 is 5.32 Å². The number of hydrogen-bond acceptors (Lipinski definition) is 3. The van der Waals surface area contributed by atoms with Crippen LogP contribution in [-0.4, -0.2) is 21.3 Å². The van der Waals surface area contributed by atoms with Crippen molar-refractivity contribution < 1.29 is 0 Å². The van der Waals surface area contributed by atoms with Crippen LogP contribution >= 0.6 is 0 Å². The summed E-state index contributed by atoms with van der Waals surface area (Å²) in [7, 11) is 1.96. The van der Waals surface area contributed by atoms with Crippen LogP contribution < -0.4 is 5.32 Å². The van der Waals surface area contributed by atoms with Crippen molar-refractivity contribution in [3.63, 3.8) is 0 Å². The highest BCUT2D eigenvalue weighted by molar-refractivity contribution is 5.12.